The lowest BCUT2D eigenvalue weighted by molar-refractivity contribution is 0.415. The van der Waals surface area contributed by atoms with Crippen molar-refractivity contribution in [2.45, 2.75) is 12.8 Å². The molecule has 1 aromatic heterocycles. The Morgan fingerprint density at radius 2 is 2.03 bits per heavy atom. The molecule has 0 amide bonds. The minimum absolute atomic E-state index is 0.530. The van der Waals surface area contributed by atoms with Gasteiger partial charge in [-0.1, -0.05) is 6.07 Å². The van der Waals surface area contributed by atoms with Crippen LogP contribution in [0.1, 0.15) is 17.5 Å². The van der Waals surface area contributed by atoms with Gasteiger partial charge < -0.3 is 4.74 Å². The number of fused-ring (bicyclic) bond motifs is 1. The SMILES string of the molecule is COc1ccc(/C=N/Nc2nc(-c3ccc4c(c3)CCCN4S(C)(=O)=O)cs2)cc1. The van der Waals surface area contributed by atoms with Crippen molar-refractivity contribution in [3.63, 3.8) is 0 Å². The zero-order valence-electron chi connectivity index (χ0n) is 16.7. The molecule has 0 bridgehead atoms. The van der Waals surface area contributed by atoms with Gasteiger partial charge in [0, 0.05) is 17.5 Å². The molecule has 9 heteroatoms. The van der Waals surface area contributed by atoms with Crippen molar-refractivity contribution in [1.82, 2.24) is 4.98 Å². The average molecular weight is 443 g/mol. The molecular weight excluding hydrogens is 420 g/mol. The number of methoxy groups -OCH3 is 1. The molecule has 0 saturated heterocycles. The number of sulfonamides is 1. The molecule has 156 valence electrons. The fourth-order valence-corrected chi connectivity index (χ4v) is 5.04. The highest BCUT2D eigenvalue weighted by Gasteiger charge is 2.24. The fraction of sp³-hybridized carbons (Fsp3) is 0.238. The van der Waals surface area contributed by atoms with Crippen molar-refractivity contribution < 1.29 is 13.2 Å². The van der Waals surface area contributed by atoms with Gasteiger partial charge in [0.25, 0.3) is 0 Å². The second-order valence-corrected chi connectivity index (χ2v) is 9.73. The summed E-state index contributed by atoms with van der Waals surface area (Å²) in [6.45, 7) is 0.530. The summed E-state index contributed by atoms with van der Waals surface area (Å²) in [5.74, 6) is 0.800. The number of thiazole rings is 1. The predicted octanol–water partition coefficient (Wildman–Crippen LogP) is 3.98. The average Bonchev–Trinajstić information content (AvgIpc) is 3.21. The van der Waals surface area contributed by atoms with Crippen molar-refractivity contribution in [3.8, 4) is 17.0 Å². The molecule has 2 heterocycles. The van der Waals surface area contributed by atoms with E-state index in [1.807, 2.05) is 47.8 Å². The van der Waals surface area contributed by atoms with Crippen molar-refractivity contribution in [1.29, 1.82) is 0 Å². The van der Waals surface area contributed by atoms with E-state index in [-0.39, 0.29) is 0 Å². The highest BCUT2D eigenvalue weighted by molar-refractivity contribution is 7.92. The first-order valence-corrected chi connectivity index (χ1v) is 12.2. The standard InChI is InChI=1S/C21H22N4O3S2/c1-28-18-8-5-15(6-9-18)13-22-24-21-23-19(14-29-21)16-7-10-20-17(12-16)4-3-11-25(20)30(2,26)27/h5-10,12-14H,3-4,11H2,1-2H3,(H,23,24)/b22-13+. The van der Waals surface area contributed by atoms with Crippen LogP contribution in [0.15, 0.2) is 52.9 Å². The minimum atomic E-state index is -3.26. The number of aromatic nitrogens is 1. The van der Waals surface area contributed by atoms with Crippen LogP contribution in [-0.2, 0) is 16.4 Å². The Hall–Kier alpha value is -2.91. The number of nitrogens with one attached hydrogen (secondary N) is 1. The quantitative estimate of drug-likeness (QED) is 0.461. The lowest BCUT2D eigenvalue weighted by atomic mass is 10.00. The monoisotopic (exact) mass is 442 g/mol. The zero-order chi connectivity index (χ0) is 21.1. The van der Waals surface area contributed by atoms with E-state index in [0.717, 1.165) is 46.7 Å². The van der Waals surface area contributed by atoms with Gasteiger partial charge in [0.15, 0.2) is 0 Å². The summed E-state index contributed by atoms with van der Waals surface area (Å²) < 4.78 is 30.7. The summed E-state index contributed by atoms with van der Waals surface area (Å²) in [5.41, 5.74) is 7.51. The van der Waals surface area contributed by atoms with Crippen LogP contribution in [0.4, 0.5) is 10.8 Å². The van der Waals surface area contributed by atoms with Gasteiger partial charge in [0.1, 0.15) is 5.75 Å². The number of nitrogens with zero attached hydrogens (tertiary/aromatic N) is 3. The molecule has 7 nitrogen and oxygen atoms in total. The summed E-state index contributed by atoms with van der Waals surface area (Å²) in [6, 6.07) is 13.4. The van der Waals surface area contributed by atoms with Crippen LogP contribution in [-0.4, -0.2) is 39.5 Å². The maximum absolute atomic E-state index is 12.0. The Labute approximate surface area is 180 Å². The smallest absolute Gasteiger partial charge is 0.232 e. The number of ether oxygens (including phenoxy) is 1. The first-order chi connectivity index (χ1) is 14.4. The molecule has 0 fully saturated rings. The summed E-state index contributed by atoms with van der Waals surface area (Å²) in [4.78, 5) is 4.60. The van der Waals surface area contributed by atoms with E-state index in [2.05, 4.69) is 15.5 Å². The third-order valence-corrected chi connectivity index (χ3v) is 6.77. The second-order valence-electron chi connectivity index (χ2n) is 6.96. The largest absolute Gasteiger partial charge is 0.497 e. The van der Waals surface area contributed by atoms with Crippen molar-refractivity contribution >= 4 is 38.4 Å². The number of aryl methyl sites for hydroxylation is 1. The highest BCUT2D eigenvalue weighted by atomic mass is 32.2. The topological polar surface area (TPSA) is 83.9 Å². The fourth-order valence-electron chi connectivity index (χ4n) is 3.38. The van der Waals surface area contributed by atoms with Gasteiger partial charge in [-0.3, -0.25) is 9.73 Å². The number of benzene rings is 2. The molecule has 1 aliphatic rings. The summed E-state index contributed by atoms with van der Waals surface area (Å²) >= 11 is 1.47. The normalized spacial score (nSPS) is 14.0. The Kier molecular flexibility index (Phi) is 5.74. The van der Waals surface area contributed by atoms with Crippen LogP contribution >= 0.6 is 11.3 Å². The van der Waals surface area contributed by atoms with Gasteiger partial charge in [-0.15, -0.1) is 11.3 Å². The second kappa shape index (κ2) is 8.45. The van der Waals surface area contributed by atoms with Crippen molar-refractivity contribution in [3.05, 3.63) is 59.0 Å². The van der Waals surface area contributed by atoms with Crippen LogP contribution in [0.5, 0.6) is 5.75 Å². The number of hydrogen-bond acceptors (Lipinski definition) is 7. The molecule has 0 atom stereocenters. The third-order valence-electron chi connectivity index (χ3n) is 4.85. The van der Waals surface area contributed by atoms with Crippen LogP contribution in [0.3, 0.4) is 0 Å². The van der Waals surface area contributed by atoms with Gasteiger partial charge in [-0.2, -0.15) is 5.10 Å². The Morgan fingerprint density at radius 3 is 2.77 bits per heavy atom. The Bertz CT molecular complexity index is 1170. The Morgan fingerprint density at radius 1 is 1.23 bits per heavy atom. The maximum atomic E-state index is 12.0. The van der Waals surface area contributed by atoms with Crippen molar-refractivity contribution in [2.24, 2.45) is 5.10 Å². The molecule has 0 unspecified atom stereocenters. The van der Waals surface area contributed by atoms with E-state index in [1.54, 1.807) is 13.3 Å². The number of anilines is 2. The van der Waals surface area contributed by atoms with Crippen LogP contribution in [0.2, 0.25) is 0 Å². The molecule has 2 aromatic carbocycles. The van der Waals surface area contributed by atoms with Crippen LogP contribution in [0, 0.1) is 0 Å². The van der Waals surface area contributed by atoms with E-state index in [0.29, 0.717) is 11.7 Å². The van der Waals surface area contributed by atoms with Gasteiger partial charge in [-0.05, 0) is 60.4 Å². The molecule has 1 aliphatic heterocycles. The van der Waals surface area contributed by atoms with E-state index in [4.69, 9.17) is 4.74 Å². The van der Waals surface area contributed by atoms with Crippen LogP contribution in [0.25, 0.3) is 11.3 Å². The summed E-state index contributed by atoms with van der Waals surface area (Å²) in [7, 11) is -1.63. The predicted molar refractivity (Wildman–Crippen MR) is 122 cm³/mol. The maximum Gasteiger partial charge on any atom is 0.232 e. The number of hydrogen-bond donors (Lipinski definition) is 1. The van der Waals surface area contributed by atoms with E-state index in [1.165, 1.54) is 21.9 Å². The molecule has 0 saturated carbocycles. The van der Waals surface area contributed by atoms with Crippen molar-refractivity contribution in [2.75, 3.05) is 29.6 Å². The van der Waals surface area contributed by atoms with Gasteiger partial charge >= 0.3 is 0 Å². The van der Waals surface area contributed by atoms with E-state index in [9.17, 15) is 8.42 Å². The zero-order valence-corrected chi connectivity index (χ0v) is 18.3. The van der Waals surface area contributed by atoms with Gasteiger partial charge in [0.05, 0.1) is 31.0 Å². The third kappa shape index (κ3) is 4.47. The molecule has 0 radical (unpaired) electrons. The minimum Gasteiger partial charge on any atom is -0.497 e. The van der Waals surface area contributed by atoms with Crippen LogP contribution < -0.4 is 14.5 Å². The molecule has 4 rings (SSSR count). The molecule has 0 aliphatic carbocycles. The number of rotatable bonds is 6. The van der Waals surface area contributed by atoms with Gasteiger partial charge in [-0.25, -0.2) is 13.4 Å². The Balaban J connectivity index is 1.48. The first-order valence-electron chi connectivity index (χ1n) is 9.44. The lowest BCUT2D eigenvalue weighted by Gasteiger charge is -2.29. The highest BCUT2D eigenvalue weighted by Crippen LogP contribution is 2.33. The summed E-state index contributed by atoms with van der Waals surface area (Å²) in [5, 5.41) is 6.89. The van der Waals surface area contributed by atoms with E-state index < -0.39 is 10.0 Å². The van der Waals surface area contributed by atoms with Gasteiger partial charge in [0.2, 0.25) is 15.2 Å². The molecule has 3 aromatic rings. The molecular formula is C21H22N4O3S2. The lowest BCUT2D eigenvalue weighted by Crippen LogP contribution is -2.34. The van der Waals surface area contributed by atoms with E-state index >= 15 is 0 Å². The first kappa shape index (κ1) is 20.4. The summed E-state index contributed by atoms with van der Waals surface area (Å²) in [6.07, 6.45) is 4.64. The molecule has 30 heavy (non-hydrogen) atoms. The number of hydrazone groups is 1. The molecule has 1 N–H and O–H groups in total. The molecule has 0 spiro atoms.